The molecule has 0 saturated carbocycles. The minimum absolute atomic E-state index is 0.0141. The summed E-state index contributed by atoms with van der Waals surface area (Å²) in [4.78, 5) is 23.4. The number of ketones is 1. The van der Waals surface area contributed by atoms with Gasteiger partial charge in [0, 0.05) is 24.0 Å². The molecular formula is C20H19N3O3. The number of carbonyl (C=O) groups excluding carboxylic acids is 2. The average molecular weight is 349 g/mol. The summed E-state index contributed by atoms with van der Waals surface area (Å²) in [5.74, 6) is -0.595. The van der Waals surface area contributed by atoms with E-state index >= 15 is 0 Å². The van der Waals surface area contributed by atoms with Crippen LogP contribution >= 0.6 is 0 Å². The molecule has 3 N–H and O–H groups in total. The highest BCUT2D eigenvalue weighted by molar-refractivity contribution is 6.06. The molecule has 0 aliphatic heterocycles. The van der Waals surface area contributed by atoms with Crippen LogP contribution in [0.2, 0.25) is 0 Å². The SMILES string of the molecule is CC(=O)c1ccc(NC(=O)/C(C#N)=C\NCc2ccc(CO)cc2)cc1. The summed E-state index contributed by atoms with van der Waals surface area (Å²) in [7, 11) is 0. The third kappa shape index (κ3) is 5.30. The highest BCUT2D eigenvalue weighted by atomic mass is 16.3. The molecule has 0 saturated heterocycles. The van der Waals surface area contributed by atoms with Crippen molar-refractivity contribution in [3.05, 3.63) is 77.0 Å². The van der Waals surface area contributed by atoms with Crippen molar-refractivity contribution in [2.75, 3.05) is 5.32 Å². The number of carbonyl (C=O) groups is 2. The molecule has 26 heavy (non-hydrogen) atoms. The fraction of sp³-hybridized carbons (Fsp3) is 0.150. The Balaban J connectivity index is 1.95. The van der Waals surface area contributed by atoms with E-state index in [1.54, 1.807) is 24.3 Å². The van der Waals surface area contributed by atoms with Crippen LogP contribution in [-0.4, -0.2) is 16.8 Å². The summed E-state index contributed by atoms with van der Waals surface area (Å²) in [5, 5.41) is 23.7. The molecule has 0 spiro atoms. The number of hydrogen-bond acceptors (Lipinski definition) is 5. The van der Waals surface area contributed by atoms with Gasteiger partial charge >= 0.3 is 0 Å². The molecule has 0 aliphatic carbocycles. The van der Waals surface area contributed by atoms with Crippen LogP contribution in [0.3, 0.4) is 0 Å². The van der Waals surface area contributed by atoms with E-state index in [2.05, 4.69) is 10.6 Å². The first-order valence-electron chi connectivity index (χ1n) is 7.98. The number of anilines is 1. The molecule has 2 aromatic carbocycles. The van der Waals surface area contributed by atoms with Crippen LogP contribution in [-0.2, 0) is 17.9 Å². The molecule has 1 amide bonds. The lowest BCUT2D eigenvalue weighted by Crippen LogP contribution is -2.16. The third-order valence-corrected chi connectivity index (χ3v) is 3.67. The molecule has 0 aromatic heterocycles. The number of hydrogen-bond donors (Lipinski definition) is 3. The lowest BCUT2D eigenvalue weighted by Gasteiger charge is -2.06. The smallest absolute Gasteiger partial charge is 0.267 e. The Hall–Kier alpha value is -3.43. The maximum absolute atomic E-state index is 12.2. The summed E-state index contributed by atoms with van der Waals surface area (Å²) < 4.78 is 0. The van der Waals surface area contributed by atoms with Crippen LogP contribution < -0.4 is 10.6 Å². The Morgan fingerprint density at radius 3 is 2.23 bits per heavy atom. The number of nitrogens with zero attached hydrogens (tertiary/aromatic N) is 1. The fourth-order valence-corrected chi connectivity index (χ4v) is 2.17. The first kappa shape index (κ1) is 18.9. The van der Waals surface area contributed by atoms with Crippen molar-refractivity contribution in [1.82, 2.24) is 5.32 Å². The first-order chi connectivity index (χ1) is 12.5. The van der Waals surface area contributed by atoms with Gasteiger partial charge in [0.15, 0.2) is 5.78 Å². The summed E-state index contributed by atoms with van der Waals surface area (Å²) in [6.07, 6.45) is 1.36. The van der Waals surface area contributed by atoms with Crippen molar-refractivity contribution in [3.8, 4) is 6.07 Å². The Bertz CT molecular complexity index is 847. The molecule has 132 valence electrons. The number of nitrogens with one attached hydrogen (secondary N) is 2. The maximum atomic E-state index is 12.2. The Morgan fingerprint density at radius 1 is 1.08 bits per heavy atom. The zero-order valence-electron chi connectivity index (χ0n) is 14.3. The predicted octanol–water partition coefficient (Wildman–Crippen LogP) is 2.52. The van der Waals surface area contributed by atoms with E-state index in [1.165, 1.54) is 13.1 Å². The van der Waals surface area contributed by atoms with E-state index < -0.39 is 5.91 Å². The molecule has 0 radical (unpaired) electrons. The fourth-order valence-electron chi connectivity index (χ4n) is 2.17. The highest BCUT2D eigenvalue weighted by Crippen LogP contribution is 2.11. The van der Waals surface area contributed by atoms with Crippen LogP contribution in [0.25, 0.3) is 0 Å². The molecule has 0 bridgehead atoms. The summed E-state index contributed by atoms with van der Waals surface area (Å²) in [6.45, 7) is 1.89. The molecule has 0 unspecified atom stereocenters. The Morgan fingerprint density at radius 2 is 1.69 bits per heavy atom. The lowest BCUT2D eigenvalue weighted by atomic mass is 10.1. The number of nitriles is 1. The lowest BCUT2D eigenvalue weighted by molar-refractivity contribution is -0.112. The largest absolute Gasteiger partial charge is 0.392 e. The van der Waals surface area contributed by atoms with E-state index in [-0.39, 0.29) is 18.0 Å². The minimum atomic E-state index is -0.536. The first-order valence-corrected chi connectivity index (χ1v) is 7.98. The Labute approximate surface area is 151 Å². The molecule has 6 nitrogen and oxygen atoms in total. The molecule has 0 atom stereocenters. The molecule has 0 heterocycles. The second-order valence-corrected chi connectivity index (χ2v) is 5.61. The summed E-state index contributed by atoms with van der Waals surface area (Å²) in [5.41, 5.74) is 2.76. The second-order valence-electron chi connectivity index (χ2n) is 5.61. The van der Waals surface area contributed by atoms with Crippen molar-refractivity contribution in [3.63, 3.8) is 0 Å². The van der Waals surface area contributed by atoms with Gasteiger partial charge in [0.25, 0.3) is 5.91 Å². The molecular weight excluding hydrogens is 330 g/mol. The number of benzene rings is 2. The monoisotopic (exact) mass is 349 g/mol. The molecule has 0 fully saturated rings. The highest BCUT2D eigenvalue weighted by Gasteiger charge is 2.09. The van der Waals surface area contributed by atoms with Crippen molar-refractivity contribution in [2.45, 2.75) is 20.1 Å². The maximum Gasteiger partial charge on any atom is 0.267 e. The van der Waals surface area contributed by atoms with E-state index in [9.17, 15) is 9.59 Å². The van der Waals surface area contributed by atoms with Gasteiger partial charge in [0.2, 0.25) is 0 Å². The van der Waals surface area contributed by atoms with Crippen molar-refractivity contribution >= 4 is 17.4 Å². The van der Waals surface area contributed by atoms with E-state index in [4.69, 9.17) is 10.4 Å². The van der Waals surface area contributed by atoms with Crippen molar-refractivity contribution < 1.29 is 14.7 Å². The second kappa shape index (κ2) is 9.16. The van der Waals surface area contributed by atoms with Gasteiger partial charge < -0.3 is 15.7 Å². The summed E-state index contributed by atoms with van der Waals surface area (Å²) >= 11 is 0. The number of rotatable bonds is 7. The van der Waals surface area contributed by atoms with E-state index in [0.717, 1.165) is 11.1 Å². The third-order valence-electron chi connectivity index (χ3n) is 3.67. The van der Waals surface area contributed by atoms with Gasteiger partial charge in [-0.2, -0.15) is 5.26 Å². The molecule has 2 aromatic rings. The normalized spacial score (nSPS) is 10.7. The van der Waals surface area contributed by atoms with Gasteiger partial charge in [-0.25, -0.2) is 0 Å². The van der Waals surface area contributed by atoms with E-state index in [0.29, 0.717) is 17.8 Å². The van der Waals surface area contributed by atoms with Gasteiger partial charge in [0.05, 0.1) is 6.61 Å². The van der Waals surface area contributed by atoms with Crippen molar-refractivity contribution in [2.24, 2.45) is 0 Å². The average Bonchev–Trinajstić information content (AvgIpc) is 2.66. The van der Waals surface area contributed by atoms with Gasteiger partial charge in [-0.05, 0) is 42.3 Å². The summed E-state index contributed by atoms with van der Waals surface area (Å²) in [6, 6.07) is 15.6. The number of Topliss-reactive ketones (excluding diaryl/α,β-unsaturated/α-hetero) is 1. The van der Waals surface area contributed by atoms with Gasteiger partial charge in [-0.3, -0.25) is 9.59 Å². The van der Waals surface area contributed by atoms with Crippen molar-refractivity contribution in [1.29, 1.82) is 5.26 Å². The van der Waals surface area contributed by atoms with Crippen LogP contribution in [0.1, 0.15) is 28.4 Å². The van der Waals surface area contributed by atoms with Gasteiger partial charge in [-0.15, -0.1) is 0 Å². The van der Waals surface area contributed by atoms with Crippen LogP contribution in [0.4, 0.5) is 5.69 Å². The number of amides is 1. The zero-order valence-corrected chi connectivity index (χ0v) is 14.3. The van der Waals surface area contributed by atoms with Gasteiger partial charge in [-0.1, -0.05) is 24.3 Å². The molecule has 0 aliphatic rings. The predicted molar refractivity (Wildman–Crippen MR) is 98.0 cm³/mol. The molecule has 2 rings (SSSR count). The van der Waals surface area contributed by atoms with Crippen LogP contribution in [0.15, 0.2) is 60.3 Å². The van der Waals surface area contributed by atoms with Gasteiger partial charge in [0.1, 0.15) is 11.6 Å². The quantitative estimate of drug-likeness (QED) is 0.405. The Kier molecular flexibility index (Phi) is 6.66. The standard InChI is InChI=1S/C20H19N3O3/c1-14(25)17-6-8-19(9-7-17)23-20(26)18(10-21)12-22-11-15-2-4-16(13-24)5-3-15/h2-9,12,22,24H,11,13H2,1H3,(H,23,26)/b18-12-. The van der Waals surface area contributed by atoms with Crippen LogP contribution in [0.5, 0.6) is 0 Å². The van der Waals surface area contributed by atoms with Crippen LogP contribution in [0, 0.1) is 11.3 Å². The number of aliphatic hydroxyl groups excluding tert-OH is 1. The number of aliphatic hydroxyl groups is 1. The minimum Gasteiger partial charge on any atom is -0.392 e. The molecule has 6 heteroatoms. The van der Waals surface area contributed by atoms with E-state index in [1.807, 2.05) is 30.3 Å². The topological polar surface area (TPSA) is 102 Å². The zero-order chi connectivity index (χ0) is 18.9.